The lowest BCUT2D eigenvalue weighted by Crippen LogP contribution is -2.46. The molecule has 3 aromatic rings. The molecule has 4 heterocycles. The summed E-state index contributed by atoms with van der Waals surface area (Å²) in [6.07, 6.45) is 4.25. The lowest BCUT2D eigenvalue weighted by molar-refractivity contribution is -0.134. The fourth-order valence-electron chi connectivity index (χ4n) is 5.37. The summed E-state index contributed by atoms with van der Waals surface area (Å²) in [5.41, 5.74) is 6.05. The lowest BCUT2D eigenvalue weighted by Gasteiger charge is -2.35. The number of hydrogen-bond donors (Lipinski definition) is 2. The van der Waals surface area contributed by atoms with Crippen LogP contribution in [0, 0.1) is 20.8 Å². The van der Waals surface area contributed by atoms with Crippen molar-refractivity contribution < 1.29 is 9.53 Å². The third kappa shape index (κ3) is 6.34. The van der Waals surface area contributed by atoms with E-state index in [9.17, 15) is 4.79 Å². The number of carbonyl (C=O) groups excluding carboxylic acids is 1. The molecule has 2 aliphatic heterocycles. The molecule has 0 radical (unpaired) electrons. The van der Waals surface area contributed by atoms with Crippen LogP contribution in [0.15, 0.2) is 24.4 Å². The van der Waals surface area contributed by atoms with Gasteiger partial charge in [0.1, 0.15) is 10.8 Å². The topological polar surface area (TPSA) is 99.3 Å². The fourth-order valence-corrected chi connectivity index (χ4v) is 5.51. The highest BCUT2D eigenvalue weighted by molar-refractivity contribution is 6.32. The van der Waals surface area contributed by atoms with Crippen LogP contribution in [-0.4, -0.2) is 81.8 Å². The Morgan fingerprint density at radius 1 is 1.11 bits per heavy atom. The van der Waals surface area contributed by atoms with Crippen LogP contribution in [0.2, 0.25) is 5.02 Å². The van der Waals surface area contributed by atoms with E-state index in [1.165, 1.54) is 22.3 Å². The summed E-state index contributed by atoms with van der Waals surface area (Å²) in [5.74, 6) is 2.62. The second-order valence-corrected chi connectivity index (χ2v) is 10.8. The summed E-state index contributed by atoms with van der Waals surface area (Å²) in [7, 11) is 0. The number of ether oxygens (including phenoxy) is 1. The van der Waals surface area contributed by atoms with Crippen LogP contribution in [0.3, 0.4) is 0 Å². The summed E-state index contributed by atoms with van der Waals surface area (Å²) >= 11 is 6.34. The molecule has 2 N–H and O–H groups in total. The van der Waals surface area contributed by atoms with Crippen molar-refractivity contribution in [2.75, 3.05) is 51.3 Å². The summed E-state index contributed by atoms with van der Waals surface area (Å²) in [6, 6.07) is 6.49. The van der Waals surface area contributed by atoms with Crippen molar-refractivity contribution in [3.05, 3.63) is 63.2 Å². The number of anilines is 2. The average molecular weight is 538 g/mol. The highest BCUT2D eigenvalue weighted by Crippen LogP contribution is 2.33. The molecule has 0 aliphatic carbocycles. The number of aryl methyl sites for hydroxylation is 3. The van der Waals surface area contributed by atoms with Crippen molar-refractivity contribution in [1.29, 1.82) is 0 Å². The number of likely N-dealkylation sites (tertiary alicyclic amines) is 1. The zero-order valence-corrected chi connectivity index (χ0v) is 23.1. The summed E-state index contributed by atoms with van der Waals surface area (Å²) in [6.45, 7) is 11.5. The molecular formula is C28H36ClN7O2. The van der Waals surface area contributed by atoms with E-state index in [1.54, 1.807) is 6.20 Å². The molecule has 2 aliphatic rings. The maximum absolute atomic E-state index is 12.8. The van der Waals surface area contributed by atoms with Gasteiger partial charge in [0, 0.05) is 44.4 Å². The number of aromatic amines is 1. The van der Waals surface area contributed by atoms with Crippen molar-refractivity contribution >= 4 is 29.1 Å². The Balaban J connectivity index is 1.22. The number of H-pyrrole nitrogens is 1. The van der Waals surface area contributed by atoms with Crippen molar-refractivity contribution in [3.63, 3.8) is 0 Å². The van der Waals surface area contributed by atoms with Crippen LogP contribution in [-0.2, 0) is 16.0 Å². The molecule has 1 amide bonds. The Hall–Kier alpha value is -3.01. The van der Waals surface area contributed by atoms with E-state index in [-0.39, 0.29) is 5.91 Å². The highest BCUT2D eigenvalue weighted by Gasteiger charge is 2.26. The Labute approximate surface area is 228 Å². The van der Waals surface area contributed by atoms with Gasteiger partial charge in [0.2, 0.25) is 5.91 Å². The molecule has 0 spiro atoms. The largest absolute Gasteiger partial charge is 0.379 e. The van der Waals surface area contributed by atoms with Crippen LogP contribution in [0.4, 0.5) is 11.6 Å². The predicted molar refractivity (Wildman–Crippen MR) is 148 cm³/mol. The Morgan fingerprint density at radius 3 is 2.58 bits per heavy atom. The second kappa shape index (κ2) is 11.8. The second-order valence-electron chi connectivity index (χ2n) is 10.4. The minimum atomic E-state index is 0.243. The van der Waals surface area contributed by atoms with Gasteiger partial charge in [-0.1, -0.05) is 23.7 Å². The molecule has 2 aromatic heterocycles. The monoisotopic (exact) mass is 537 g/mol. The van der Waals surface area contributed by atoms with Crippen molar-refractivity contribution in [3.8, 4) is 0 Å². The van der Waals surface area contributed by atoms with Crippen molar-refractivity contribution in [1.82, 2.24) is 30.0 Å². The van der Waals surface area contributed by atoms with Gasteiger partial charge in [-0.3, -0.25) is 14.8 Å². The van der Waals surface area contributed by atoms with E-state index < -0.39 is 0 Å². The molecule has 1 aromatic carbocycles. The van der Waals surface area contributed by atoms with Crippen LogP contribution in [0.1, 0.15) is 52.5 Å². The molecule has 10 heteroatoms. The van der Waals surface area contributed by atoms with Crippen LogP contribution >= 0.6 is 11.6 Å². The van der Waals surface area contributed by atoms with Crippen LogP contribution < -0.4 is 5.32 Å². The lowest BCUT2D eigenvalue weighted by atomic mass is 9.84. The number of hydrogen-bond acceptors (Lipinski definition) is 7. The van der Waals surface area contributed by atoms with Gasteiger partial charge >= 0.3 is 0 Å². The molecule has 5 rings (SSSR count). The van der Waals surface area contributed by atoms with E-state index in [2.05, 4.69) is 56.4 Å². The van der Waals surface area contributed by atoms with Gasteiger partial charge in [-0.15, -0.1) is 0 Å². The third-order valence-electron chi connectivity index (χ3n) is 7.57. The SMILES string of the molecule is Cc1cc(Nc2nc(Cc3cc(C)c(C4CCN(C(=O)CN5CCOCC5)CC4)cc3C)ncc2Cl)n[nH]1. The third-order valence-corrected chi connectivity index (χ3v) is 7.85. The van der Waals surface area contributed by atoms with Gasteiger partial charge < -0.3 is 15.0 Å². The molecule has 9 nitrogen and oxygen atoms in total. The first-order chi connectivity index (χ1) is 18.4. The number of nitrogens with zero attached hydrogens (tertiary/aromatic N) is 5. The van der Waals surface area contributed by atoms with E-state index >= 15 is 0 Å². The normalized spacial score (nSPS) is 17.1. The van der Waals surface area contributed by atoms with E-state index in [0.717, 1.165) is 57.9 Å². The van der Waals surface area contributed by atoms with Gasteiger partial charge in [0.25, 0.3) is 0 Å². The van der Waals surface area contributed by atoms with E-state index in [1.807, 2.05) is 17.9 Å². The molecule has 0 saturated carbocycles. The molecule has 2 fully saturated rings. The van der Waals surface area contributed by atoms with E-state index in [4.69, 9.17) is 16.3 Å². The van der Waals surface area contributed by atoms with Gasteiger partial charge in [-0.2, -0.15) is 5.10 Å². The number of halogens is 1. The summed E-state index contributed by atoms with van der Waals surface area (Å²) in [4.78, 5) is 26.2. The zero-order valence-electron chi connectivity index (χ0n) is 22.4. The smallest absolute Gasteiger partial charge is 0.236 e. The quantitative estimate of drug-likeness (QED) is 0.467. The van der Waals surface area contributed by atoms with Crippen molar-refractivity contribution in [2.45, 2.75) is 46.0 Å². The van der Waals surface area contributed by atoms with Gasteiger partial charge in [-0.25, -0.2) is 9.97 Å². The summed E-state index contributed by atoms with van der Waals surface area (Å²) < 4.78 is 5.40. The summed E-state index contributed by atoms with van der Waals surface area (Å²) in [5, 5.41) is 10.7. The average Bonchev–Trinajstić information content (AvgIpc) is 3.33. The predicted octanol–water partition coefficient (Wildman–Crippen LogP) is 4.15. The maximum Gasteiger partial charge on any atom is 0.236 e. The van der Waals surface area contributed by atoms with Crippen LogP contribution in [0.5, 0.6) is 0 Å². The molecule has 2 saturated heterocycles. The van der Waals surface area contributed by atoms with Gasteiger partial charge in [0.15, 0.2) is 11.6 Å². The first kappa shape index (κ1) is 26.6. The number of amides is 1. The molecule has 0 atom stereocenters. The number of morpholine rings is 1. The highest BCUT2D eigenvalue weighted by atomic mass is 35.5. The number of piperidine rings is 1. The van der Waals surface area contributed by atoms with Crippen molar-refractivity contribution in [2.24, 2.45) is 0 Å². The number of aromatic nitrogens is 4. The van der Waals surface area contributed by atoms with E-state index in [0.29, 0.717) is 41.4 Å². The van der Waals surface area contributed by atoms with Gasteiger partial charge in [-0.05, 0) is 61.8 Å². The maximum atomic E-state index is 12.8. The zero-order chi connectivity index (χ0) is 26.6. The van der Waals surface area contributed by atoms with Gasteiger partial charge in [0.05, 0.1) is 26.0 Å². The number of carbonyl (C=O) groups is 1. The molecule has 0 unspecified atom stereocenters. The first-order valence-electron chi connectivity index (χ1n) is 13.3. The first-order valence-corrected chi connectivity index (χ1v) is 13.7. The Bertz CT molecular complexity index is 1280. The number of nitrogens with one attached hydrogen (secondary N) is 2. The minimum absolute atomic E-state index is 0.243. The Kier molecular flexibility index (Phi) is 8.26. The fraction of sp³-hybridized carbons (Fsp3) is 0.500. The van der Waals surface area contributed by atoms with Crippen LogP contribution in [0.25, 0.3) is 0 Å². The molecule has 202 valence electrons. The standard InChI is InChI=1S/C28H36ClN7O2/c1-18-13-23(21-4-6-36(7-5-21)27(37)17-35-8-10-38-11-9-35)19(2)12-22(18)15-25-30-16-24(29)28(31-25)32-26-14-20(3)33-34-26/h12-14,16,21H,4-11,15,17H2,1-3H3,(H2,30,31,32,33,34). The molecular weight excluding hydrogens is 502 g/mol. The number of rotatable bonds is 7. The number of benzene rings is 1. The molecule has 38 heavy (non-hydrogen) atoms. The minimum Gasteiger partial charge on any atom is -0.379 e. The Morgan fingerprint density at radius 2 is 1.87 bits per heavy atom. The molecule has 0 bridgehead atoms.